The van der Waals surface area contributed by atoms with Gasteiger partial charge in [-0.25, -0.2) is 9.78 Å². The molecule has 2 N–H and O–H groups in total. The third-order valence-electron chi connectivity index (χ3n) is 5.12. The number of nitrogens with one attached hydrogen (secondary N) is 2. The molecule has 0 bridgehead atoms. The lowest BCUT2D eigenvalue weighted by Gasteiger charge is -2.41. The fraction of sp³-hybridized carbons (Fsp3) is 0.750. The van der Waals surface area contributed by atoms with E-state index in [0.29, 0.717) is 17.2 Å². The van der Waals surface area contributed by atoms with Crippen LogP contribution < -0.4 is 10.6 Å². The van der Waals surface area contributed by atoms with Crippen molar-refractivity contribution in [3.8, 4) is 0 Å². The number of aliphatic imine (C=N–C) groups is 1. The maximum absolute atomic E-state index is 12.0. The molecule has 8 heteroatoms. The first kappa shape index (κ1) is 22.6. The second-order valence-corrected chi connectivity index (χ2v) is 8.87. The number of guanidine groups is 1. The van der Waals surface area contributed by atoms with E-state index in [-0.39, 0.29) is 17.6 Å². The Kier molecular flexibility index (Phi) is 8.24. The Morgan fingerprint density at radius 2 is 2.04 bits per heavy atom. The van der Waals surface area contributed by atoms with Crippen LogP contribution >= 0.6 is 11.3 Å². The van der Waals surface area contributed by atoms with E-state index < -0.39 is 0 Å². The molecule has 7 nitrogen and oxygen atoms in total. The number of hydrogen-bond acceptors (Lipinski definition) is 6. The summed E-state index contributed by atoms with van der Waals surface area (Å²) in [4.78, 5) is 24.1. The van der Waals surface area contributed by atoms with Crippen LogP contribution in [0.3, 0.4) is 0 Å². The molecule has 0 amide bonds. The van der Waals surface area contributed by atoms with Crippen molar-refractivity contribution in [2.75, 3.05) is 33.3 Å². The smallest absolute Gasteiger partial charge is 0.350 e. The van der Waals surface area contributed by atoms with Gasteiger partial charge in [0.1, 0.15) is 9.88 Å². The summed E-state index contributed by atoms with van der Waals surface area (Å²) < 4.78 is 5.11. The zero-order valence-electron chi connectivity index (χ0n) is 18.1. The van der Waals surface area contributed by atoms with E-state index in [2.05, 4.69) is 39.4 Å². The molecular formula is C20H35N5O2S. The minimum absolute atomic E-state index is 0.0591. The maximum Gasteiger partial charge on any atom is 0.350 e. The minimum Gasteiger partial charge on any atom is -0.462 e. The standard InChI is InChI=1S/C20H35N5O2S/c1-7-27-18(26)16-14(2)23-17(28-16)15(3)24-19(21-6)22-13-20(4,5)25-11-9-8-10-12-25/h15H,7-13H2,1-6H3,(H2,21,22,24). The number of carbonyl (C=O) groups excluding carboxylic acids is 1. The van der Waals surface area contributed by atoms with E-state index in [4.69, 9.17) is 4.74 Å². The third kappa shape index (κ3) is 5.91. The highest BCUT2D eigenvalue weighted by atomic mass is 32.1. The van der Waals surface area contributed by atoms with Crippen LogP contribution in [0.2, 0.25) is 0 Å². The zero-order valence-corrected chi connectivity index (χ0v) is 18.9. The topological polar surface area (TPSA) is 78.8 Å². The number of hydrogen-bond donors (Lipinski definition) is 2. The number of aromatic nitrogens is 1. The number of rotatable bonds is 7. The van der Waals surface area contributed by atoms with Crippen molar-refractivity contribution < 1.29 is 9.53 Å². The fourth-order valence-corrected chi connectivity index (χ4v) is 4.32. The van der Waals surface area contributed by atoms with Crippen molar-refractivity contribution in [2.24, 2.45) is 4.99 Å². The predicted octanol–water partition coefficient (Wildman–Crippen LogP) is 3.12. The lowest BCUT2D eigenvalue weighted by atomic mass is 9.98. The van der Waals surface area contributed by atoms with Crippen LogP contribution in [-0.4, -0.2) is 60.6 Å². The van der Waals surface area contributed by atoms with Crippen LogP contribution in [0.1, 0.15) is 73.4 Å². The number of piperidine rings is 1. The van der Waals surface area contributed by atoms with Gasteiger partial charge in [0.15, 0.2) is 5.96 Å². The quantitative estimate of drug-likeness (QED) is 0.409. The summed E-state index contributed by atoms with van der Waals surface area (Å²) in [7, 11) is 1.77. The number of aryl methyl sites for hydroxylation is 1. The van der Waals surface area contributed by atoms with Gasteiger partial charge in [0, 0.05) is 19.1 Å². The highest BCUT2D eigenvalue weighted by molar-refractivity contribution is 7.13. The molecule has 0 radical (unpaired) electrons. The van der Waals surface area contributed by atoms with Crippen molar-refractivity contribution in [2.45, 2.75) is 65.5 Å². The van der Waals surface area contributed by atoms with Crippen LogP contribution in [0.15, 0.2) is 4.99 Å². The molecule has 1 aliphatic rings. The zero-order chi connectivity index (χ0) is 20.7. The predicted molar refractivity (Wildman–Crippen MR) is 115 cm³/mol. The number of thiazole rings is 1. The van der Waals surface area contributed by atoms with Crippen LogP contribution in [0.25, 0.3) is 0 Å². The summed E-state index contributed by atoms with van der Waals surface area (Å²) >= 11 is 1.38. The Morgan fingerprint density at radius 1 is 1.36 bits per heavy atom. The molecular weight excluding hydrogens is 374 g/mol. The SMILES string of the molecule is CCOC(=O)c1sc(C(C)NC(=NC)NCC(C)(C)N2CCCCC2)nc1C. The molecule has 1 fully saturated rings. The van der Waals surface area contributed by atoms with Gasteiger partial charge in [-0.15, -0.1) is 11.3 Å². The molecule has 1 aromatic heterocycles. The van der Waals surface area contributed by atoms with Crippen molar-refractivity contribution in [1.82, 2.24) is 20.5 Å². The van der Waals surface area contributed by atoms with E-state index in [1.165, 1.54) is 30.6 Å². The lowest BCUT2D eigenvalue weighted by Crippen LogP contribution is -2.55. The van der Waals surface area contributed by atoms with Gasteiger partial charge in [-0.2, -0.15) is 0 Å². The van der Waals surface area contributed by atoms with Crippen LogP contribution in [0.4, 0.5) is 0 Å². The molecule has 0 saturated carbocycles. The Bertz CT molecular complexity index is 680. The van der Waals surface area contributed by atoms with Gasteiger partial charge < -0.3 is 15.4 Å². The highest BCUT2D eigenvalue weighted by Crippen LogP contribution is 2.24. The first-order chi connectivity index (χ1) is 13.3. The molecule has 2 rings (SSSR count). The summed E-state index contributed by atoms with van der Waals surface area (Å²) in [5.41, 5.74) is 0.775. The first-order valence-corrected chi connectivity index (χ1v) is 11.0. The lowest BCUT2D eigenvalue weighted by molar-refractivity contribution is 0.0531. The summed E-state index contributed by atoms with van der Waals surface area (Å²) in [6.07, 6.45) is 3.89. The molecule has 2 heterocycles. The van der Waals surface area contributed by atoms with Gasteiger partial charge in [0.05, 0.1) is 18.3 Å². The van der Waals surface area contributed by atoms with E-state index in [1.54, 1.807) is 14.0 Å². The average molecular weight is 410 g/mol. The molecule has 1 aliphatic heterocycles. The van der Waals surface area contributed by atoms with Gasteiger partial charge in [-0.05, 0) is 60.5 Å². The summed E-state index contributed by atoms with van der Waals surface area (Å²) in [5, 5.41) is 7.69. The molecule has 1 atom stereocenters. The Morgan fingerprint density at radius 3 is 2.64 bits per heavy atom. The highest BCUT2D eigenvalue weighted by Gasteiger charge is 2.28. The monoisotopic (exact) mass is 409 g/mol. The summed E-state index contributed by atoms with van der Waals surface area (Å²) in [5.74, 6) is 0.435. The van der Waals surface area contributed by atoms with Crippen molar-refractivity contribution in [3.63, 3.8) is 0 Å². The number of esters is 1. The third-order valence-corrected chi connectivity index (χ3v) is 6.44. The van der Waals surface area contributed by atoms with Crippen molar-refractivity contribution in [1.29, 1.82) is 0 Å². The van der Waals surface area contributed by atoms with Crippen LogP contribution in [0, 0.1) is 6.92 Å². The molecule has 1 aromatic rings. The second-order valence-electron chi connectivity index (χ2n) is 7.84. The second kappa shape index (κ2) is 10.2. The van der Waals surface area contributed by atoms with Gasteiger partial charge >= 0.3 is 5.97 Å². The fourth-order valence-electron chi connectivity index (χ4n) is 3.36. The van der Waals surface area contributed by atoms with Gasteiger partial charge in [0.25, 0.3) is 0 Å². The van der Waals surface area contributed by atoms with Crippen LogP contribution in [0.5, 0.6) is 0 Å². The first-order valence-electron chi connectivity index (χ1n) is 10.1. The Balaban J connectivity index is 1.95. The molecule has 1 unspecified atom stereocenters. The Hall–Kier alpha value is -1.67. The normalized spacial score (nSPS) is 17.3. The van der Waals surface area contributed by atoms with E-state index in [9.17, 15) is 4.79 Å². The van der Waals surface area contributed by atoms with E-state index in [1.807, 2.05) is 13.8 Å². The summed E-state index contributed by atoms with van der Waals surface area (Å²) in [6, 6.07) is -0.0591. The molecule has 158 valence electrons. The largest absolute Gasteiger partial charge is 0.462 e. The maximum atomic E-state index is 12.0. The average Bonchev–Trinajstić information content (AvgIpc) is 3.08. The van der Waals surface area contributed by atoms with Crippen molar-refractivity contribution in [3.05, 3.63) is 15.6 Å². The van der Waals surface area contributed by atoms with E-state index in [0.717, 1.165) is 30.6 Å². The molecule has 1 saturated heterocycles. The van der Waals surface area contributed by atoms with Gasteiger partial charge in [-0.3, -0.25) is 9.89 Å². The summed E-state index contributed by atoms with van der Waals surface area (Å²) in [6.45, 7) is 13.7. The molecule has 0 spiro atoms. The number of nitrogens with zero attached hydrogens (tertiary/aromatic N) is 3. The van der Waals surface area contributed by atoms with Crippen LogP contribution in [-0.2, 0) is 4.74 Å². The number of ether oxygens (including phenoxy) is 1. The van der Waals surface area contributed by atoms with Crippen molar-refractivity contribution >= 4 is 23.3 Å². The Labute approximate surface area is 173 Å². The van der Waals surface area contributed by atoms with Gasteiger partial charge in [-0.1, -0.05) is 6.42 Å². The molecule has 28 heavy (non-hydrogen) atoms. The molecule has 0 aromatic carbocycles. The minimum atomic E-state index is -0.304. The number of likely N-dealkylation sites (tertiary alicyclic amines) is 1. The van der Waals surface area contributed by atoms with E-state index >= 15 is 0 Å². The number of carbonyl (C=O) groups is 1. The van der Waals surface area contributed by atoms with Gasteiger partial charge in [0.2, 0.25) is 0 Å². The molecule has 0 aliphatic carbocycles.